The molecular weight excluding hydrogens is 232 g/mol. The summed E-state index contributed by atoms with van der Waals surface area (Å²) < 4.78 is 0. The van der Waals surface area contributed by atoms with Crippen LogP contribution < -0.4 is 5.32 Å². The maximum atomic E-state index is 3.34. The lowest BCUT2D eigenvalue weighted by Crippen LogP contribution is -2.49. The minimum atomic E-state index is 0.858. The molecule has 2 rings (SSSR count). The van der Waals surface area contributed by atoms with Crippen molar-refractivity contribution in [1.82, 2.24) is 10.2 Å². The van der Waals surface area contributed by atoms with E-state index in [1.807, 2.05) is 0 Å². The number of piperidine rings is 1. The third-order valence-corrected chi connectivity index (χ3v) is 5.50. The Bertz CT molecular complexity index is 252. The minimum Gasteiger partial charge on any atom is -0.320 e. The van der Waals surface area contributed by atoms with E-state index < -0.39 is 0 Å². The Kier molecular flexibility index (Phi) is 6.15. The molecule has 0 spiro atoms. The van der Waals surface area contributed by atoms with Crippen molar-refractivity contribution in [3.63, 3.8) is 0 Å². The lowest BCUT2D eigenvalue weighted by molar-refractivity contribution is 0.0471. The van der Waals surface area contributed by atoms with Crippen LogP contribution in [0.3, 0.4) is 0 Å². The molecule has 0 bridgehead atoms. The van der Waals surface area contributed by atoms with Gasteiger partial charge in [-0.3, -0.25) is 4.90 Å². The minimum absolute atomic E-state index is 0.858. The van der Waals surface area contributed by atoms with E-state index in [0.29, 0.717) is 0 Å². The fourth-order valence-electron chi connectivity index (χ4n) is 4.23. The third-order valence-electron chi connectivity index (χ3n) is 5.50. The molecular formula is C17H34N2. The number of hydrogen-bond donors (Lipinski definition) is 1. The normalized spacial score (nSPS) is 33.8. The van der Waals surface area contributed by atoms with Gasteiger partial charge >= 0.3 is 0 Å². The number of rotatable bonds is 5. The molecule has 0 amide bonds. The predicted molar refractivity (Wildman–Crippen MR) is 83.5 cm³/mol. The number of nitrogens with one attached hydrogen (secondary N) is 1. The second kappa shape index (κ2) is 7.64. The molecule has 2 heteroatoms. The molecule has 1 saturated heterocycles. The standard InChI is InChI=1S/C17H34N2/c1-14(2)15-7-6-9-17(13-15)19-12-5-4-8-16(19)10-11-18-3/h14-18H,4-13H2,1-3H3. The molecule has 1 saturated carbocycles. The van der Waals surface area contributed by atoms with Crippen LogP contribution in [0.5, 0.6) is 0 Å². The summed E-state index contributed by atoms with van der Waals surface area (Å²) in [4.78, 5) is 2.90. The van der Waals surface area contributed by atoms with E-state index in [4.69, 9.17) is 0 Å². The van der Waals surface area contributed by atoms with Crippen molar-refractivity contribution in [2.24, 2.45) is 11.8 Å². The van der Waals surface area contributed by atoms with Crippen LogP contribution in [0.2, 0.25) is 0 Å². The highest BCUT2D eigenvalue weighted by molar-refractivity contribution is 4.87. The molecule has 0 aromatic carbocycles. The first kappa shape index (κ1) is 15.3. The second-order valence-corrected chi connectivity index (χ2v) is 7.10. The Morgan fingerprint density at radius 1 is 1.11 bits per heavy atom. The van der Waals surface area contributed by atoms with Crippen molar-refractivity contribution in [1.29, 1.82) is 0 Å². The average Bonchev–Trinajstić information content (AvgIpc) is 2.45. The summed E-state index contributed by atoms with van der Waals surface area (Å²) in [6.45, 7) is 7.38. The zero-order valence-corrected chi connectivity index (χ0v) is 13.3. The van der Waals surface area contributed by atoms with Crippen molar-refractivity contribution in [3.05, 3.63) is 0 Å². The van der Waals surface area contributed by atoms with Gasteiger partial charge in [0.1, 0.15) is 0 Å². The lowest BCUT2D eigenvalue weighted by Gasteiger charge is -2.45. The summed E-state index contributed by atoms with van der Waals surface area (Å²) in [6.07, 6.45) is 11.5. The van der Waals surface area contributed by atoms with Crippen LogP contribution in [0.25, 0.3) is 0 Å². The van der Waals surface area contributed by atoms with E-state index in [0.717, 1.165) is 23.9 Å². The Morgan fingerprint density at radius 3 is 2.68 bits per heavy atom. The van der Waals surface area contributed by atoms with Gasteiger partial charge in [0.2, 0.25) is 0 Å². The lowest BCUT2D eigenvalue weighted by atomic mass is 9.78. The predicted octanol–water partition coefficient (Wildman–Crippen LogP) is 3.67. The summed E-state index contributed by atoms with van der Waals surface area (Å²) in [5.41, 5.74) is 0. The highest BCUT2D eigenvalue weighted by atomic mass is 15.2. The maximum Gasteiger partial charge on any atom is 0.0110 e. The molecule has 1 aliphatic carbocycles. The topological polar surface area (TPSA) is 15.3 Å². The summed E-state index contributed by atoms with van der Waals surface area (Å²) in [5.74, 6) is 1.86. The van der Waals surface area contributed by atoms with Gasteiger partial charge in [-0.1, -0.05) is 33.1 Å². The van der Waals surface area contributed by atoms with Crippen LogP contribution in [0.4, 0.5) is 0 Å². The van der Waals surface area contributed by atoms with E-state index in [1.165, 1.54) is 64.5 Å². The van der Waals surface area contributed by atoms with Gasteiger partial charge in [-0.25, -0.2) is 0 Å². The molecule has 1 N–H and O–H groups in total. The van der Waals surface area contributed by atoms with Crippen LogP contribution in [0, 0.1) is 11.8 Å². The molecule has 2 nitrogen and oxygen atoms in total. The molecule has 3 unspecified atom stereocenters. The fraction of sp³-hybridized carbons (Fsp3) is 1.00. The highest BCUT2D eigenvalue weighted by Crippen LogP contribution is 2.35. The Hall–Kier alpha value is -0.0800. The quantitative estimate of drug-likeness (QED) is 0.817. The van der Waals surface area contributed by atoms with Gasteiger partial charge in [-0.15, -0.1) is 0 Å². The Balaban J connectivity index is 1.92. The zero-order valence-electron chi connectivity index (χ0n) is 13.3. The molecule has 0 radical (unpaired) electrons. The second-order valence-electron chi connectivity index (χ2n) is 7.10. The summed E-state index contributed by atoms with van der Waals surface area (Å²) in [6, 6.07) is 1.75. The Morgan fingerprint density at radius 2 is 1.95 bits per heavy atom. The van der Waals surface area contributed by atoms with Gasteiger partial charge in [0.15, 0.2) is 0 Å². The summed E-state index contributed by atoms with van der Waals surface area (Å²) >= 11 is 0. The third kappa shape index (κ3) is 4.19. The SMILES string of the molecule is CNCCC1CCCCN1C1CCCC(C(C)C)C1. The van der Waals surface area contributed by atoms with Gasteiger partial charge in [0, 0.05) is 12.1 Å². The van der Waals surface area contributed by atoms with Crippen molar-refractivity contribution >= 4 is 0 Å². The van der Waals surface area contributed by atoms with Crippen LogP contribution in [0.15, 0.2) is 0 Å². The van der Waals surface area contributed by atoms with Crippen LogP contribution in [-0.4, -0.2) is 37.1 Å². The summed E-state index contributed by atoms with van der Waals surface area (Å²) in [7, 11) is 2.09. The monoisotopic (exact) mass is 266 g/mol. The van der Waals surface area contributed by atoms with E-state index >= 15 is 0 Å². The van der Waals surface area contributed by atoms with Crippen LogP contribution in [0.1, 0.15) is 65.2 Å². The van der Waals surface area contributed by atoms with Crippen molar-refractivity contribution in [2.45, 2.75) is 77.3 Å². The van der Waals surface area contributed by atoms with Crippen LogP contribution >= 0.6 is 0 Å². The van der Waals surface area contributed by atoms with Gasteiger partial charge in [0.25, 0.3) is 0 Å². The van der Waals surface area contributed by atoms with E-state index in [1.54, 1.807) is 0 Å². The van der Waals surface area contributed by atoms with Crippen molar-refractivity contribution in [2.75, 3.05) is 20.1 Å². The first-order valence-electron chi connectivity index (χ1n) is 8.62. The maximum absolute atomic E-state index is 3.34. The van der Waals surface area contributed by atoms with Gasteiger partial charge < -0.3 is 5.32 Å². The number of hydrogen-bond acceptors (Lipinski definition) is 2. The molecule has 19 heavy (non-hydrogen) atoms. The fourth-order valence-corrected chi connectivity index (χ4v) is 4.23. The van der Waals surface area contributed by atoms with Crippen molar-refractivity contribution < 1.29 is 0 Å². The first-order valence-corrected chi connectivity index (χ1v) is 8.62. The first-order chi connectivity index (χ1) is 9.22. The number of nitrogens with zero attached hydrogens (tertiary/aromatic N) is 1. The Labute approximate surface area is 120 Å². The molecule has 1 aliphatic heterocycles. The van der Waals surface area contributed by atoms with E-state index in [2.05, 4.69) is 31.1 Å². The summed E-state index contributed by atoms with van der Waals surface area (Å²) in [5, 5.41) is 3.34. The zero-order chi connectivity index (χ0) is 13.7. The van der Waals surface area contributed by atoms with Crippen LogP contribution in [-0.2, 0) is 0 Å². The largest absolute Gasteiger partial charge is 0.320 e. The van der Waals surface area contributed by atoms with Gasteiger partial charge in [-0.2, -0.15) is 0 Å². The molecule has 3 atom stereocenters. The molecule has 112 valence electrons. The van der Waals surface area contributed by atoms with Gasteiger partial charge in [-0.05, 0) is 64.1 Å². The number of likely N-dealkylation sites (tertiary alicyclic amines) is 1. The van der Waals surface area contributed by atoms with Crippen molar-refractivity contribution in [3.8, 4) is 0 Å². The molecule has 2 aliphatic rings. The average molecular weight is 266 g/mol. The highest BCUT2D eigenvalue weighted by Gasteiger charge is 2.32. The van der Waals surface area contributed by atoms with Gasteiger partial charge in [0.05, 0.1) is 0 Å². The molecule has 0 aromatic rings. The smallest absolute Gasteiger partial charge is 0.0110 e. The molecule has 0 aromatic heterocycles. The molecule has 1 heterocycles. The van der Waals surface area contributed by atoms with E-state index in [9.17, 15) is 0 Å². The molecule has 2 fully saturated rings. The van der Waals surface area contributed by atoms with E-state index in [-0.39, 0.29) is 0 Å².